The molecule has 0 saturated heterocycles. The molecule has 0 saturated carbocycles. The molecule has 60 valence electrons. The highest BCUT2D eigenvalue weighted by Crippen LogP contribution is 1.98. The highest BCUT2D eigenvalue weighted by molar-refractivity contribution is 8.14. The van der Waals surface area contributed by atoms with E-state index in [1.807, 2.05) is 0 Å². The van der Waals surface area contributed by atoms with Gasteiger partial charge in [0.05, 0.1) is 5.75 Å². The summed E-state index contributed by atoms with van der Waals surface area (Å²) in [6, 6.07) is 0. The van der Waals surface area contributed by atoms with Crippen molar-refractivity contribution in [2.24, 2.45) is 5.73 Å². The second-order valence-corrected chi connectivity index (χ2v) is 4.21. The Labute approximate surface area is 63.2 Å². The Morgan fingerprint density at radius 2 is 2.30 bits per heavy atom. The van der Waals surface area contributed by atoms with Crippen LogP contribution in [0.1, 0.15) is 0 Å². The van der Waals surface area contributed by atoms with Gasteiger partial charge in [0.15, 0.2) is 5.17 Å². The lowest BCUT2D eigenvalue weighted by atomic mass is 11.4. The second kappa shape index (κ2) is 3.79. The molecule has 0 radical (unpaired) electrons. The van der Waals surface area contributed by atoms with Crippen molar-refractivity contribution in [3.8, 4) is 0 Å². The largest absolute Gasteiger partial charge is 0.379 e. The van der Waals surface area contributed by atoms with Crippen LogP contribution in [0.4, 0.5) is 0 Å². The molecule has 0 aliphatic carbocycles. The van der Waals surface area contributed by atoms with Gasteiger partial charge in [-0.05, 0) is 0 Å². The molecule has 10 heavy (non-hydrogen) atoms. The molecule has 0 heterocycles. The van der Waals surface area contributed by atoms with E-state index in [1.54, 1.807) is 0 Å². The number of thioether (sulfide) groups is 1. The number of amidine groups is 1. The van der Waals surface area contributed by atoms with Crippen molar-refractivity contribution < 1.29 is 13.0 Å². The van der Waals surface area contributed by atoms with E-state index in [1.165, 1.54) is 0 Å². The lowest BCUT2D eigenvalue weighted by Crippen LogP contribution is -2.10. The van der Waals surface area contributed by atoms with Crippen LogP contribution in [0.2, 0.25) is 0 Å². The minimum absolute atomic E-state index is 0.119. The Balaban J connectivity index is 3.49. The minimum atomic E-state index is -3.89. The molecular weight excluding hydrogens is 178 g/mol. The summed E-state index contributed by atoms with van der Waals surface area (Å²) in [5.41, 5.74) is 4.89. The van der Waals surface area contributed by atoms with Gasteiger partial charge in [-0.15, -0.1) is 0 Å². The van der Waals surface area contributed by atoms with E-state index in [-0.39, 0.29) is 16.7 Å². The van der Waals surface area contributed by atoms with E-state index >= 15 is 0 Å². The van der Waals surface area contributed by atoms with Crippen LogP contribution in [-0.2, 0) is 10.1 Å². The van der Waals surface area contributed by atoms with Crippen LogP contribution < -0.4 is 5.73 Å². The number of hydrogen-bond acceptors (Lipinski definition) is 4. The zero-order valence-electron chi connectivity index (χ0n) is 5.07. The van der Waals surface area contributed by atoms with Crippen LogP contribution in [-0.4, -0.2) is 29.6 Å². The van der Waals surface area contributed by atoms with Gasteiger partial charge in [0.1, 0.15) is 0 Å². The summed E-state index contributed by atoms with van der Waals surface area (Å²) in [5.74, 6) is -0.245. The molecule has 4 N–H and O–H groups in total. The van der Waals surface area contributed by atoms with Gasteiger partial charge in [0, 0.05) is 5.75 Å². The quantitative estimate of drug-likeness (QED) is 0.313. The third-order valence-electron chi connectivity index (χ3n) is 0.599. The third-order valence-corrected chi connectivity index (χ3v) is 2.30. The van der Waals surface area contributed by atoms with Gasteiger partial charge in [-0.1, -0.05) is 11.8 Å². The van der Waals surface area contributed by atoms with Gasteiger partial charge in [-0.2, -0.15) is 8.42 Å². The van der Waals surface area contributed by atoms with E-state index in [0.717, 1.165) is 11.8 Å². The van der Waals surface area contributed by atoms with E-state index in [2.05, 4.69) is 0 Å². The fourth-order valence-electron chi connectivity index (χ4n) is 0.257. The first kappa shape index (κ1) is 9.73. The van der Waals surface area contributed by atoms with Crippen LogP contribution in [0.3, 0.4) is 0 Å². The maximum Gasteiger partial charge on any atom is 0.265 e. The normalized spacial score (nSPS) is 11.3. The van der Waals surface area contributed by atoms with E-state index in [4.69, 9.17) is 15.7 Å². The summed E-state index contributed by atoms with van der Waals surface area (Å²) >= 11 is 0.880. The van der Waals surface area contributed by atoms with Crippen LogP contribution >= 0.6 is 11.8 Å². The molecule has 5 nitrogen and oxygen atoms in total. The van der Waals surface area contributed by atoms with Crippen molar-refractivity contribution in [3.63, 3.8) is 0 Å². The maximum atomic E-state index is 10.0. The van der Waals surface area contributed by atoms with Crippen molar-refractivity contribution in [2.75, 3.05) is 11.5 Å². The van der Waals surface area contributed by atoms with E-state index in [9.17, 15) is 8.42 Å². The summed E-state index contributed by atoms with van der Waals surface area (Å²) in [6.07, 6.45) is 0. The molecule has 0 rings (SSSR count). The molecule has 0 aromatic heterocycles. The SMILES string of the molecule is N=C(N)SC[14CH2]S(=O)(=O)O. The molecule has 0 aliphatic rings. The number of rotatable bonds is 3. The zero-order valence-corrected chi connectivity index (χ0v) is 6.70. The highest BCUT2D eigenvalue weighted by Gasteiger charge is 2.03. The molecule has 0 fully saturated rings. The van der Waals surface area contributed by atoms with Crippen LogP contribution in [0.25, 0.3) is 0 Å². The van der Waals surface area contributed by atoms with Gasteiger partial charge in [0.2, 0.25) is 0 Å². The fourth-order valence-corrected chi connectivity index (χ4v) is 1.65. The Morgan fingerprint density at radius 3 is 2.60 bits per heavy atom. The highest BCUT2D eigenvalue weighted by atomic mass is 32.2. The molecule has 0 aromatic rings. The fraction of sp³-hybridized carbons (Fsp3) is 0.667. The maximum absolute atomic E-state index is 10.0. The van der Waals surface area contributed by atoms with Gasteiger partial charge >= 0.3 is 0 Å². The van der Waals surface area contributed by atoms with Gasteiger partial charge < -0.3 is 5.73 Å². The van der Waals surface area contributed by atoms with Crippen molar-refractivity contribution in [1.29, 1.82) is 5.41 Å². The monoisotopic (exact) mass is 186 g/mol. The molecule has 0 atom stereocenters. The topological polar surface area (TPSA) is 104 Å². The number of hydrogen-bond donors (Lipinski definition) is 3. The standard InChI is InChI=1S/C3H8N2O3S2/c4-3(5)9-1-2-10(6,7)8/h1-2H2,(H3,4,5)(H,6,7,8)/i2+2. The molecule has 0 bridgehead atoms. The first-order valence-corrected chi connectivity index (χ1v) is 4.93. The van der Waals surface area contributed by atoms with Gasteiger partial charge in [-0.25, -0.2) is 0 Å². The Morgan fingerprint density at radius 1 is 1.80 bits per heavy atom. The smallest absolute Gasteiger partial charge is 0.265 e. The molecule has 0 amide bonds. The predicted octanol–water partition coefficient (Wildman–Crippen LogP) is -0.499. The molecule has 0 unspecified atom stereocenters. The zero-order chi connectivity index (χ0) is 8.20. The van der Waals surface area contributed by atoms with E-state index in [0.29, 0.717) is 0 Å². The predicted molar refractivity (Wildman–Crippen MR) is 40.8 cm³/mol. The van der Waals surface area contributed by atoms with Crippen molar-refractivity contribution in [2.45, 2.75) is 0 Å². The number of nitrogens with two attached hydrogens (primary N) is 1. The molecule has 7 heteroatoms. The van der Waals surface area contributed by atoms with Crippen LogP contribution in [0, 0.1) is 5.41 Å². The van der Waals surface area contributed by atoms with Crippen LogP contribution in [0.15, 0.2) is 0 Å². The minimum Gasteiger partial charge on any atom is -0.379 e. The molecular formula is C3H8N2O3S2. The Bertz CT molecular complexity index is 210. The van der Waals surface area contributed by atoms with Gasteiger partial charge in [0.25, 0.3) is 10.1 Å². The third kappa shape index (κ3) is 7.73. The first-order chi connectivity index (χ1) is 4.42. The molecule has 0 spiro atoms. The Hall–Kier alpha value is -0.270. The summed E-state index contributed by atoms with van der Waals surface area (Å²) in [5, 5.41) is 6.52. The summed E-state index contributed by atoms with van der Waals surface area (Å²) in [4.78, 5) is 0. The van der Waals surface area contributed by atoms with Crippen LogP contribution in [0.5, 0.6) is 0 Å². The lowest BCUT2D eigenvalue weighted by molar-refractivity contribution is 0.485. The summed E-state index contributed by atoms with van der Waals surface area (Å²) < 4.78 is 28.3. The summed E-state index contributed by atoms with van der Waals surface area (Å²) in [6.45, 7) is 0. The van der Waals surface area contributed by atoms with Crippen molar-refractivity contribution in [1.82, 2.24) is 0 Å². The number of nitrogens with one attached hydrogen (secondary N) is 1. The first-order valence-electron chi connectivity index (χ1n) is 2.34. The van der Waals surface area contributed by atoms with Crippen molar-refractivity contribution in [3.05, 3.63) is 0 Å². The summed E-state index contributed by atoms with van der Waals surface area (Å²) in [7, 11) is -3.89. The lowest BCUT2D eigenvalue weighted by Gasteiger charge is -1.94. The average Bonchev–Trinajstić information content (AvgIpc) is 1.59. The molecule has 0 aromatic carbocycles. The van der Waals surface area contributed by atoms with E-state index < -0.39 is 10.1 Å². The second-order valence-electron chi connectivity index (χ2n) is 1.50. The Kier molecular flexibility index (Phi) is 3.69. The van der Waals surface area contributed by atoms with Crippen molar-refractivity contribution >= 4 is 27.0 Å². The van der Waals surface area contributed by atoms with Gasteiger partial charge in [-0.3, -0.25) is 9.96 Å². The average molecular weight is 186 g/mol. The molecule has 0 aliphatic heterocycles.